The zero-order chi connectivity index (χ0) is 14.8. The van der Waals surface area contributed by atoms with Crippen molar-refractivity contribution in [3.8, 4) is 5.75 Å². The fourth-order valence-corrected chi connectivity index (χ4v) is 3.36. The summed E-state index contributed by atoms with van der Waals surface area (Å²) in [6.45, 7) is 4.00. The molecule has 1 aromatic carbocycles. The Labute approximate surface area is 128 Å². The summed E-state index contributed by atoms with van der Waals surface area (Å²) in [5.41, 5.74) is 8.54. The summed E-state index contributed by atoms with van der Waals surface area (Å²) in [7, 11) is 0. The Hall–Kier alpha value is -1.91. The van der Waals surface area contributed by atoms with Crippen LogP contribution < -0.4 is 10.5 Å². The Bertz CT molecular complexity index is 751. The Morgan fingerprint density at radius 1 is 1.19 bits per heavy atom. The van der Waals surface area contributed by atoms with Crippen LogP contribution in [0.25, 0.3) is 10.1 Å². The molecule has 2 heterocycles. The summed E-state index contributed by atoms with van der Waals surface area (Å²) in [6.07, 6.45) is 3.66. The monoisotopic (exact) mass is 298 g/mol. The van der Waals surface area contributed by atoms with Gasteiger partial charge < -0.3 is 10.5 Å². The summed E-state index contributed by atoms with van der Waals surface area (Å²) in [6, 6.07) is 10.1. The van der Waals surface area contributed by atoms with Crippen molar-refractivity contribution in [3.63, 3.8) is 0 Å². The summed E-state index contributed by atoms with van der Waals surface area (Å²) in [5.74, 6) is 0.762. The number of ether oxygens (including phenoxy) is 1. The van der Waals surface area contributed by atoms with Gasteiger partial charge in [-0.2, -0.15) is 0 Å². The molecule has 0 fully saturated rings. The maximum atomic E-state index is 6.44. The smallest absolute Gasteiger partial charge is 0.138 e. The highest BCUT2D eigenvalue weighted by molar-refractivity contribution is 7.17. The van der Waals surface area contributed by atoms with Gasteiger partial charge in [0.2, 0.25) is 0 Å². The molecule has 0 aliphatic heterocycles. The minimum atomic E-state index is -0.190. The molecule has 108 valence electrons. The summed E-state index contributed by atoms with van der Waals surface area (Å²) in [4.78, 5) is 4.25. The number of hydrogen-bond acceptors (Lipinski definition) is 4. The maximum absolute atomic E-state index is 6.44. The third-order valence-electron chi connectivity index (χ3n) is 3.31. The topological polar surface area (TPSA) is 48.1 Å². The highest BCUT2D eigenvalue weighted by atomic mass is 32.1. The minimum absolute atomic E-state index is 0.125. The first-order chi connectivity index (χ1) is 10.1. The lowest BCUT2D eigenvalue weighted by atomic mass is 10.0. The molecule has 3 nitrogen and oxygen atoms in total. The van der Waals surface area contributed by atoms with Crippen LogP contribution in [-0.4, -0.2) is 11.1 Å². The van der Waals surface area contributed by atoms with Crippen molar-refractivity contribution in [3.05, 3.63) is 59.2 Å². The molecule has 0 saturated heterocycles. The van der Waals surface area contributed by atoms with Gasteiger partial charge in [-0.15, -0.1) is 11.3 Å². The SMILES string of the molecule is CC(C)Oc1cncc(C(N)c2csc3ccccc23)c1. The molecular weight excluding hydrogens is 280 g/mol. The molecule has 3 rings (SSSR count). The second-order valence-corrected chi connectivity index (χ2v) is 6.20. The summed E-state index contributed by atoms with van der Waals surface area (Å²) >= 11 is 1.72. The molecule has 1 unspecified atom stereocenters. The van der Waals surface area contributed by atoms with Gasteiger partial charge in [-0.05, 0) is 47.9 Å². The second kappa shape index (κ2) is 5.84. The summed E-state index contributed by atoms with van der Waals surface area (Å²) < 4.78 is 6.95. The molecule has 0 aliphatic rings. The fraction of sp³-hybridized carbons (Fsp3) is 0.235. The molecule has 0 saturated carbocycles. The number of nitrogens with two attached hydrogens (primary N) is 1. The van der Waals surface area contributed by atoms with Gasteiger partial charge in [-0.1, -0.05) is 18.2 Å². The number of hydrogen-bond donors (Lipinski definition) is 1. The van der Waals surface area contributed by atoms with Crippen LogP contribution in [0.5, 0.6) is 5.75 Å². The zero-order valence-corrected chi connectivity index (χ0v) is 12.9. The quantitative estimate of drug-likeness (QED) is 0.787. The third kappa shape index (κ3) is 2.91. The number of benzene rings is 1. The molecule has 2 aromatic heterocycles. The average molecular weight is 298 g/mol. The van der Waals surface area contributed by atoms with Crippen LogP contribution in [0.3, 0.4) is 0 Å². The van der Waals surface area contributed by atoms with Gasteiger partial charge in [0.1, 0.15) is 5.75 Å². The normalized spacial score (nSPS) is 12.8. The van der Waals surface area contributed by atoms with Crippen molar-refractivity contribution in [2.24, 2.45) is 5.73 Å². The minimum Gasteiger partial charge on any atom is -0.489 e. The van der Waals surface area contributed by atoms with Gasteiger partial charge in [0, 0.05) is 10.9 Å². The number of fused-ring (bicyclic) bond motifs is 1. The lowest BCUT2D eigenvalue weighted by Gasteiger charge is -2.14. The summed E-state index contributed by atoms with van der Waals surface area (Å²) in [5, 5.41) is 3.34. The highest BCUT2D eigenvalue weighted by Crippen LogP contribution is 2.32. The van der Waals surface area contributed by atoms with Crippen LogP contribution in [0.4, 0.5) is 0 Å². The first-order valence-electron chi connectivity index (χ1n) is 6.98. The van der Waals surface area contributed by atoms with Crippen LogP contribution >= 0.6 is 11.3 Å². The van der Waals surface area contributed by atoms with E-state index in [4.69, 9.17) is 10.5 Å². The van der Waals surface area contributed by atoms with Gasteiger partial charge in [0.15, 0.2) is 0 Å². The largest absolute Gasteiger partial charge is 0.489 e. The van der Waals surface area contributed by atoms with Crippen molar-refractivity contribution < 1.29 is 4.74 Å². The van der Waals surface area contributed by atoms with Crippen LogP contribution in [0.15, 0.2) is 48.1 Å². The molecular formula is C17H18N2OS. The van der Waals surface area contributed by atoms with E-state index < -0.39 is 0 Å². The van der Waals surface area contributed by atoms with Gasteiger partial charge in [-0.3, -0.25) is 4.98 Å². The van der Waals surface area contributed by atoms with E-state index in [2.05, 4.69) is 22.5 Å². The molecule has 4 heteroatoms. The molecule has 21 heavy (non-hydrogen) atoms. The molecule has 0 radical (unpaired) electrons. The standard InChI is InChI=1S/C17H18N2OS/c1-11(2)20-13-7-12(8-19-9-13)17(18)15-10-21-16-6-4-3-5-14(15)16/h3-11,17H,18H2,1-2H3. The van der Waals surface area contributed by atoms with Gasteiger partial charge >= 0.3 is 0 Å². The third-order valence-corrected chi connectivity index (χ3v) is 4.29. The number of aromatic nitrogens is 1. The Morgan fingerprint density at radius 3 is 2.81 bits per heavy atom. The Kier molecular flexibility index (Phi) is 3.90. The van der Waals surface area contributed by atoms with E-state index in [0.717, 1.165) is 16.9 Å². The van der Waals surface area contributed by atoms with E-state index in [0.29, 0.717) is 0 Å². The van der Waals surface area contributed by atoms with E-state index in [-0.39, 0.29) is 12.1 Å². The van der Waals surface area contributed by atoms with E-state index in [1.54, 1.807) is 17.5 Å². The molecule has 0 aliphatic carbocycles. The molecule has 0 bridgehead atoms. The number of thiophene rings is 1. The number of nitrogens with zero attached hydrogens (tertiary/aromatic N) is 1. The predicted octanol–water partition coefficient (Wildman–Crippen LogP) is 4.13. The second-order valence-electron chi connectivity index (χ2n) is 5.29. The Balaban J connectivity index is 1.96. The first kappa shape index (κ1) is 14.0. The van der Waals surface area contributed by atoms with Gasteiger partial charge in [0.25, 0.3) is 0 Å². The van der Waals surface area contributed by atoms with Gasteiger partial charge in [0.05, 0.1) is 18.3 Å². The van der Waals surface area contributed by atoms with Crippen molar-refractivity contribution >= 4 is 21.4 Å². The predicted molar refractivity (Wildman–Crippen MR) is 87.9 cm³/mol. The molecule has 2 N–H and O–H groups in total. The van der Waals surface area contributed by atoms with Crippen LogP contribution in [0.1, 0.15) is 31.0 Å². The fourth-order valence-electron chi connectivity index (χ4n) is 2.36. The number of pyridine rings is 1. The van der Waals surface area contributed by atoms with E-state index in [1.165, 1.54) is 10.1 Å². The lowest BCUT2D eigenvalue weighted by Crippen LogP contribution is -2.12. The van der Waals surface area contributed by atoms with Crippen molar-refractivity contribution in [2.75, 3.05) is 0 Å². The maximum Gasteiger partial charge on any atom is 0.138 e. The highest BCUT2D eigenvalue weighted by Gasteiger charge is 2.15. The average Bonchev–Trinajstić information content (AvgIpc) is 2.90. The first-order valence-corrected chi connectivity index (χ1v) is 7.86. The zero-order valence-electron chi connectivity index (χ0n) is 12.1. The van der Waals surface area contributed by atoms with E-state index >= 15 is 0 Å². The van der Waals surface area contributed by atoms with Crippen LogP contribution in [-0.2, 0) is 0 Å². The Morgan fingerprint density at radius 2 is 2.00 bits per heavy atom. The van der Waals surface area contributed by atoms with E-state index in [9.17, 15) is 0 Å². The molecule has 0 spiro atoms. The lowest BCUT2D eigenvalue weighted by molar-refractivity contribution is 0.241. The van der Waals surface area contributed by atoms with Crippen LogP contribution in [0.2, 0.25) is 0 Å². The number of rotatable bonds is 4. The molecule has 3 aromatic rings. The van der Waals surface area contributed by atoms with Crippen molar-refractivity contribution in [2.45, 2.75) is 26.0 Å². The van der Waals surface area contributed by atoms with Gasteiger partial charge in [-0.25, -0.2) is 0 Å². The van der Waals surface area contributed by atoms with E-state index in [1.807, 2.05) is 38.2 Å². The van der Waals surface area contributed by atoms with Crippen molar-refractivity contribution in [1.82, 2.24) is 4.98 Å². The van der Waals surface area contributed by atoms with Crippen LogP contribution in [0, 0.1) is 0 Å². The van der Waals surface area contributed by atoms with Crippen molar-refractivity contribution in [1.29, 1.82) is 0 Å². The molecule has 1 atom stereocenters. The molecule has 0 amide bonds.